The highest BCUT2D eigenvalue weighted by Crippen LogP contribution is 2.42. The first-order chi connectivity index (χ1) is 18.7. The monoisotopic (exact) mass is 569 g/mol. The van der Waals surface area contributed by atoms with Crippen LogP contribution >= 0.6 is 23.2 Å². The van der Waals surface area contributed by atoms with Crippen molar-refractivity contribution in [2.24, 2.45) is 5.92 Å². The van der Waals surface area contributed by atoms with E-state index < -0.39 is 11.6 Å². The molecule has 6 rings (SSSR count). The molecule has 39 heavy (non-hydrogen) atoms. The Bertz CT molecular complexity index is 1570. The molecule has 8 nitrogen and oxygen atoms in total. The van der Waals surface area contributed by atoms with Gasteiger partial charge in [-0.1, -0.05) is 35.3 Å². The summed E-state index contributed by atoms with van der Waals surface area (Å²) in [5.41, 5.74) is 1.90. The number of nitrogens with zero attached hydrogens (tertiary/aromatic N) is 4. The van der Waals surface area contributed by atoms with Gasteiger partial charge in [0.1, 0.15) is 17.7 Å². The Kier molecular flexibility index (Phi) is 6.51. The van der Waals surface area contributed by atoms with Crippen LogP contribution in [-0.4, -0.2) is 52.3 Å². The van der Waals surface area contributed by atoms with E-state index in [2.05, 4.69) is 10.2 Å². The van der Waals surface area contributed by atoms with Crippen molar-refractivity contribution in [3.63, 3.8) is 0 Å². The number of aromatic nitrogens is 2. The van der Waals surface area contributed by atoms with Crippen LogP contribution in [0.4, 0.5) is 15.9 Å². The summed E-state index contributed by atoms with van der Waals surface area (Å²) in [4.78, 5) is 44.4. The van der Waals surface area contributed by atoms with E-state index in [9.17, 15) is 18.8 Å². The van der Waals surface area contributed by atoms with Gasteiger partial charge in [-0.15, -0.1) is 0 Å². The molecule has 3 aromatic rings. The van der Waals surface area contributed by atoms with Gasteiger partial charge in [0, 0.05) is 55.1 Å². The highest BCUT2D eigenvalue weighted by molar-refractivity contribution is 6.42. The first kappa shape index (κ1) is 25.7. The summed E-state index contributed by atoms with van der Waals surface area (Å²) in [7, 11) is 0. The van der Waals surface area contributed by atoms with Gasteiger partial charge >= 0.3 is 0 Å². The number of benzene rings is 2. The molecule has 0 bridgehead atoms. The minimum Gasteiger partial charge on any atom is -0.368 e. The van der Waals surface area contributed by atoms with E-state index >= 15 is 0 Å². The van der Waals surface area contributed by atoms with Gasteiger partial charge in [-0.25, -0.2) is 9.07 Å². The molecule has 1 N–H and O–H groups in total. The van der Waals surface area contributed by atoms with Crippen LogP contribution in [0.15, 0.2) is 64.6 Å². The predicted molar refractivity (Wildman–Crippen MR) is 148 cm³/mol. The topological polar surface area (TPSA) is 79.6 Å². The number of amides is 1. The molecular weight excluding hydrogens is 544 g/mol. The van der Waals surface area contributed by atoms with E-state index in [-0.39, 0.29) is 28.6 Å². The zero-order valence-electron chi connectivity index (χ0n) is 21.2. The first-order valence-electron chi connectivity index (χ1n) is 12.8. The van der Waals surface area contributed by atoms with Crippen molar-refractivity contribution in [3.05, 3.63) is 91.6 Å². The second-order valence-electron chi connectivity index (χ2n) is 10.1. The first-order valence-corrected chi connectivity index (χ1v) is 13.6. The highest BCUT2D eigenvalue weighted by Gasteiger charge is 2.41. The number of allylic oxidation sites excluding steroid dienone is 1. The molecule has 0 radical (unpaired) electrons. The van der Waals surface area contributed by atoms with Crippen LogP contribution in [-0.2, 0) is 4.79 Å². The number of nitrogens with one attached hydrogen (secondary N) is 1. The molecule has 1 aliphatic carbocycles. The molecule has 1 atom stereocenters. The normalized spacial score (nSPS) is 19.1. The molecule has 11 heteroatoms. The lowest BCUT2D eigenvalue weighted by Gasteiger charge is -2.39. The summed E-state index contributed by atoms with van der Waals surface area (Å²) < 4.78 is 16.1. The van der Waals surface area contributed by atoms with Gasteiger partial charge in [-0.3, -0.25) is 14.4 Å². The predicted octanol–water partition coefficient (Wildman–Crippen LogP) is 4.78. The third-order valence-electron chi connectivity index (χ3n) is 7.57. The van der Waals surface area contributed by atoms with Gasteiger partial charge in [-0.05, 0) is 50.1 Å². The Balaban J connectivity index is 1.38. The van der Waals surface area contributed by atoms with Gasteiger partial charge in [-0.2, -0.15) is 4.68 Å². The molecule has 202 valence electrons. The average Bonchev–Trinajstić information content (AvgIpc) is 3.72. The Hall–Kier alpha value is -3.56. The number of anilines is 2. The zero-order chi connectivity index (χ0) is 27.4. The maximum atomic E-state index is 14.2. The lowest BCUT2D eigenvalue weighted by atomic mass is 9.94. The van der Waals surface area contributed by atoms with Crippen molar-refractivity contribution in [3.8, 4) is 0 Å². The second kappa shape index (κ2) is 9.88. The Morgan fingerprint density at radius 1 is 1.00 bits per heavy atom. The van der Waals surface area contributed by atoms with E-state index in [0.717, 1.165) is 23.2 Å². The van der Waals surface area contributed by atoms with Crippen molar-refractivity contribution in [1.82, 2.24) is 14.3 Å². The Labute approximate surface area is 234 Å². The third kappa shape index (κ3) is 4.53. The zero-order valence-corrected chi connectivity index (χ0v) is 22.7. The minimum atomic E-state index is -0.847. The van der Waals surface area contributed by atoms with E-state index in [1.54, 1.807) is 46.8 Å². The fraction of sp³-hybridized carbons (Fsp3) is 0.321. The lowest BCUT2D eigenvalue weighted by Crippen LogP contribution is -2.50. The Morgan fingerprint density at radius 2 is 1.69 bits per heavy atom. The molecule has 1 saturated carbocycles. The van der Waals surface area contributed by atoms with Gasteiger partial charge in [0.2, 0.25) is 0 Å². The van der Waals surface area contributed by atoms with Crippen LogP contribution in [0.25, 0.3) is 0 Å². The summed E-state index contributed by atoms with van der Waals surface area (Å²) >= 11 is 13.1. The summed E-state index contributed by atoms with van der Waals surface area (Å²) in [6.45, 7) is 3.80. The maximum absolute atomic E-state index is 14.2. The number of hydrogen-bond acceptors (Lipinski definition) is 5. The fourth-order valence-electron chi connectivity index (χ4n) is 5.40. The number of fused-ring (bicyclic) bond motifs is 1. The molecule has 2 aromatic carbocycles. The molecule has 1 aromatic heterocycles. The molecule has 1 saturated heterocycles. The number of halogens is 3. The Morgan fingerprint density at radius 3 is 2.36 bits per heavy atom. The van der Waals surface area contributed by atoms with Crippen molar-refractivity contribution >= 4 is 46.5 Å². The molecule has 2 fully saturated rings. The second-order valence-corrected chi connectivity index (χ2v) is 10.9. The van der Waals surface area contributed by atoms with Crippen LogP contribution in [0.1, 0.15) is 36.2 Å². The summed E-state index contributed by atoms with van der Waals surface area (Å²) in [6.07, 6.45) is 1.45. The largest absolute Gasteiger partial charge is 0.368 e. The summed E-state index contributed by atoms with van der Waals surface area (Å²) in [5, 5.41) is 3.74. The lowest BCUT2D eigenvalue weighted by molar-refractivity contribution is -0.128. The summed E-state index contributed by atoms with van der Waals surface area (Å²) in [5.74, 6) is -0.630. The van der Waals surface area contributed by atoms with Gasteiger partial charge in [0.15, 0.2) is 0 Å². The average molecular weight is 570 g/mol. The van der Waals surface area contributed by atoms with Crippen LogP contribution in [0, 0.1) is 11.7 Å². The van der Waals surface area contributed by atoms with Crippen molar-refractivity contribution < 1.29 is 14.0 Å². The van der Waals surface area contributed by atoms with Crippen molar-refractivity contribution in [2.75, 3.05) is 36.4 Å². The number of hydrogen-bond donors (Lipinski definition) is 1. The molecule has 2 aliphatic heterocycles. The molecule has 1 amide bonds. The molecule has 3 aliphatic rings. The highest BCUT2D eigenvalue weighted by atomic mass is 35.5. The fourth-order valence-corrected chi connectivity index (χ4v) is 5.81. The smallest absolute Gasteiger partial charge is 0.276 e. The minimum absolute atomic E-state index is 0.220. The molecule has 0 spiro atoms. The van der Waals surface area contributed by atoms with E-state index in [1.165, 1.54) is 18.2 Å². The van der Waals surface area contributed by atoms with Gasteiger partial charge < -0.3 is 15.1 Å². The number of carbonyl (C=O) groups is 2. The molecule has 3 heterocycles. The standard InChI is InChI=1S/C28H26Cl2FN5O3/c1-16-24(28(39)34-13-11-33(12-14-34)19-9-7-18(31)8-10-19)26(20-3-2-4-21(29)25(20)30)35-22(32-16)15-23(37)36(35)27(38)17-5-6-17/h2-4,7-10,15,17,26,32H,5-6,11-14H2,1H3. The van der Waals surface area contributed by atoms with E-state index in [0.29, 0.717) is 53.9 Å². The van der Waals surface area contributed by atoms with Crippen molar-refractivity contribution in [1.29, 1.82) is 0 Å². The van der Waals surface area contributed by atoms with Crippen LogP contribution < -0.4 is 15.8 Å². The molecular formula is C28H26Cl2FN5O3. The van der Waals surface area contributed by atoms with Gasteiger partial charge in [0.05, 0.1) is 15.6 Å². The van der Waals surface area contributed by atoms with E-state index in [4.69, 9.17) is 23.2 Å². The van der Waals surface area contributed by atoms with Crippen LogP contribution in [0.3, 0.4) is 0 Å². The number of rotatable bonds is 4. The quantitative estimate of drug-likeness (QED) is 0.489. The molecule has 1 unspecified atom stereocenters. The maximum Gasteiger partial charge on any atom is 0.276 e. The summed E-state index contributed by atoms with van der Waals surface area (Å²) in [6, 6.07) is 12.0. The van der Waals surface area contributed by atoms with E-state index in [1.807, 2.05) is 0 Å². The third-order valence-corrected chi connectivity index (χ3v) is 8.40. The number of carbonyl (C=O) groups excluding carboxylic acids is 2. The number of piperazine rings is 1. The SMILES string of the molecule is CC1=C(C(=O)N2CCN(c3ccc(F)cc3)CC2)C(c2cccc(Cl)c2Cl)n2c(cc(=O)n2C(=O)C2CC2)N1. The van der Waals surface area contributed by atoms with Gasteiger partial charge in [0.25, 0.3) is 17.4 Å². The van der Waals surface area contributed by atoms with Crippen LogP contribution in [0.2, 0.25) is 10.0 Å². The van der Waals surface area contributed by atoms with Crippen molar-refractivity contribution in [2.45, 2.75) is 25.8 Å². The van der Waals surface area contributed by atoms with Crippen LogP contribution in [0.5, 0.6) is 0 Å².